The Hall–Kier alpha value is -3.28. The van der Waals surface area contributed by atoms with E-state index in [0.29, 0.717) is 11.3 Å². The summed E-state index contributed by atoms with van der Waals surface area (Å²) in [5, 5.41) is 2.94. The molecule has 0 aliphatic carbocycles. The lowest BCUT2D eigenvalue weighted by Crippen LogP contribution is -2.10. The highest BCUT2D eigenvalue weighted by atomic mass is 32.2. The fourth-order valence-corrected chi connectivity index (χ4v) is 3.70. The molecule has 1 heterocycles. The average molecular weight is 484 g/mol. The van der Waals surface area contributed by atoms with Crippen LogP contribution in [0.15, 0.2) is 48.8 Å². The van der Waals surface area contributed by atoms with Crippen LogP contribution < -0.4 is 10.1 Å². The number of nitrogens with one attached hydrogen (secondary N) is 1. The van der Waals surface area contributed by atoms with Gasteiger partial charge in [0.25, 0.3) is 0 Å². The van der Waals surface area contributed by atoms with E-state index in [1.807, 2.05) is 0 Å². The molecule has 0 spiro atoms. The molecule has 0 bridgehead atoms. The van der Waals surface area contributed by atoms with Crippen molar-refractivity contribution >= 4 is 21.5 Å². The minimum absolute atomic E-state index is 0.00414. The maximum atomic E-state index is 13.7. The third-order valence-corrected chi connectivity index (χ3v) is 5.09. The smallest absolute Gasteiger partial charge is 0.389 e. The lowest BCUT2D eigenvalue weighted by atomic mass is 10.2. The molecule has 1 aromatic heterocycles. The molecule has 0 unspecified atom stereocenters. The Balaban J connectivity index is 1.79. The zero-order valence-electron chi connectivity index (χ0n) is 17.4. The second kappa shape index (κ2) is 10.1. The van der Waals surface area contributed by atoms with Crippen LogP contribution in [0.4, 0.5) is 29.2 Å². The van der Waals surface area contributed by atoms with E-state index in [9.17, 15) is 26.0 Å². The summed E-state index contributed by atoms with van der Waals surface area (Å²) in [6, 6.07) is 10.3. The molecule has 2 aromatic carbocycles. The van der Waals surface area contributed by atoms with Gasteiger partial charge in [0.05, 0.1) is 17.9 Å². The van der Waals surface area contributed by atoms with Gasteiger partial charge in [0, 0.05) is 24.4 Å². The van der Waals surface area contributed by atoms with E-state index in [0.717, 1.165) is 18.4 Å². The lowest BCUT2D eigenvalue weighted by molar-refractivity contribution is -0.136. The molecule has 7 nitrogen and oxygen atoms in total. The standard InChI is InChI=1S/C21H20F4N4O3S/c1-33(30,31)12-14-4-2-5-16(10-14)28-20-27-13-26-19(29-20)17-7-6-15(22)11-18(17)32-9-3-8-21(23,24)25/h2,4-7,10-11,13H,3,8-9,12H2,1H3,(H,26,27,28,29). The molecule has 0 radical (unpaired) electrons. The number of nitrogens with zero attached hydrogens (tertiary/aromatic N) is 3. The zero-order chi connectivity index (χ0) is 24.1. The zero-order valence-corrected chi connectivity index (χ0v) is 18.3. The quantitative estimate of drug-likeness (QED) is 0.348. The molecule has 0 aliphatic rings. The van der Waals surface area contributed by atoms with Gasteiger partial charge >= 0.3 is 6.18 Å². The van der Waals surface area contributed by atoms with Gasteiger partial charge < -0.3 is 10.1 Å². The summed E-state index contributed by atoms with van der Waals surface area (Å²) in [6.45, 7) is -0.265. The van der Waals surface area contributed by atoms with E-state index < -0.39 is 28.3 Å². The number of rotatable bonds is 9. The van der Waals surface area contributed by atoms with Crippen molar-refractivity contribution in [1.82, 2.24) is 15.0 Å². The van der Waals surface area contributed by atoms with Gasteiger partial charge in [-0.2, -0.15) is 18.2 Å². The first-order chi connectivity index (χ1) is 15.5. The Morgan fingerprint density at radius 2 is 1.88 bits per heavy atom. The van der Waals surface area contributed by atoms with Crippen molar-refractivity contribution in [2.45, 2.75) is 24.8 Å². The van der Waals surface area contributed by atoms with E-state index in [4.69, 9.17) is 4.74 Å². The van der Waals surface area contributed by atoms with Gasteiger partial charge in [-0.3, -0.25) is 0 Å². The van der Waals surface area contributed by atoms with Crippen LogP contribution in [-0.2, 0) is 15.6 Å². The van der Waals surface area contributed by atoms with Gasteiger partial charge in [-0.25, -0.2) is 22.8 Å². The minimum Gasteiger partial charge on any atom is -0.493 e. The molecule has 176 valence electrons. The topological polar surface area (TPSA) is 94.1 Å². The molecular weight excluding hydrogens is 464 g/mol. The number of sulfone groups is 1. The summed E-state index contributed by atoms with van der Waals surface area (Å²) < 4.78 is 79.2. The number of hydrogen-bond acceptors (Lipinski definition) is 7. The maximum absolute atomic E-state index is 13.7. The summed E-state index contributed by atoms with van der Waals surface area (Å²) in [5.41, 5.74) is 1.39. The Bertz CT molecular complexity index is 1220. The second-order valence-electron chi connectivity index (χ2n) is 7.24. The lowest BCUT2D eigenvalue weighted by Gasteiger charge is -2.12. The average Bonchev–Trinajstić information content (AvgIpc) is 2.70. The fraction of sp³-hybridized carbons (Fsp3) is 0.286. The molecule has 3 rings (SSSR count). The second-order valence-corrected chi connectivity index (χ2v) is 9.38. The molecule has 0 fully saturated rings. The predicted octanol–water partition coefficient (Wildman–Crippen LogP) is 4.69. The monoisotopic (exact) mass is 484 g/mol. The summed E-state index contributed by atoms with van der Waals surface area (Å²) in [4.78, 5) is 12.3. The highest BCUT2D eigenvalue weighted by molar-refractivity contribution is 7.89. The SMILES string of the molecule is CS(=O)(=O)Cc1cccc(Nc2ncnc(-c3ccc(F)cc3OCCCC(F)(F)F)n2)c1. The molecule has 33 heavy (non-hydrogen) atoms. The van der Waals surface area contributed by atoms with Gasteiger partial charge in [0.15, 0.2) is 15.7 Å². The number of aromatic nitrogens is 3. The molecule has 12 heteroatoms. The number of anilines is 2. The first kappa shape index (κ1) is 24.4. The predicted molar refractivity (Wildman–Crippen MR) is 114 cm³/mol. The van der Waals surface area contributed by atoms with Crippen LogP contribution in [0.3, 0.4) is 0 Å². The minimum atomic E-state index is -4.30. The first-order valence-electron chi connectivity index (χ1n) is 9.71. The van der Waals surface area contributed by atoms with E-state index in [1.54, 1.807) is 24.3 Å². The molecule has 0 saturated carbocycles. The van der Waals surface area contributed by atoms with Crippen molar-refractivity contribution in [3.05, 3.63) is 60.2 Å². The van der Waals surface area contributed by atoms with Crippen molar-refractivity contribution in [2.75, 3.05) is 18.2 Å². The van der Waals surface area contributed by atoms with Crippen LogP contribution >= 0.6 is 0 Å². The number of halogens is 4. The van der Waals surface area contributed by atoms with Crippen LogP contribution in [0.2, 0.25) is 0 Å². The largest absolute Gasteiger partial charge is 0.493 e. The summed E-state index contributed by atoms with van der Waals surface area (Å²) in [6.07, 6.45) is -3.26. The van der Waals surface area contributed by atoms with E-state index in [2.05, 4.69) is 20.3 Å². The van der Waals surface area contributed by atoms with Crippen molar-refractivity contribution < 1.29 is 30.7 Å². The Morgan fingerprint density at radius 3 is 2.61 bits per heavy atom. The number of hydrogen-bond donors (Lipinski definition) is 1. The highest BCUT2D eigenvalue weighted by Crippen LogP contribution is 2.30. The van der Waals surface area contributed by atoms with Gasteiger partial charge in [-0.1, -0.05) is 12.1 Å². The molecule has 1 N–H and O–H groups in total. The van der Waals surface area contributed by atoms with Crippen LogP contribution in [0.5, 0.6) is 5.75 Å². The Morgan fingerprint density at radius 1 is 1.09 bits per heavy atom. The van der Waals surface area contributed by atoms with Gasteiger partial charge in [0.2, 0.25) is 5.95 Å². The molecule has 3 aromatic rings. The molecule has 0 atom stereocenters. The van der Waals surface area contributed by atoms with Gasteiger partial charge in [-0.05, 0) is 36.2 Å². The van der Waals surface area contributed by atoms with E-state index in [-0.39, 0.29) is 41.9 Å². The first-order valence-corrected chi connectivity index (χ1v) is 11.8. The van der Waals surface area contributed by atoms with Gasteiger partial charge in [-0.15, -0.1) is 0 Å². The molecular formula is C21H20F4N4O3S. The van der Waals surface area contributed by atoms with Crippen LogP contribution in [0.1, 0.15) is 18.4 Å². The molecule has 0 amide bonds. The third-order valence-electron chi connectivity index (χ3n) is 4.23. The molecule has 0 aliphatic heterocycles. The summed E-state index contributed by atoms with van der Waals surface area (Å²) in [5.74, 6) is -0.506. The third kappa shape index (κ3) is 7.97. The normalized spacial score (nSPS) is 11.9. The fourth-order valence-electron chi connectivity index (χ4n) is 2.91. The molecule has 0 saturated heterocycles. The maximum Gasteiger partial charge on any atom is 0.389 e. The Labute approximate surface area is 187 Å². The van der Waals surface area contributed by atoms with Gasteiger partial charge in [0.1, 0.15) is 17.9 Å². The highest BCUT2D eigenvalue weighted by Gasteiger charge is 2.26. The Kier molecular flexibility index (Phi) is 7.46. The van der Waals surface area contributed by atoms with Crippen LogP contribution in [0, 0.1) is 5.82 Å². The summed E-state index contributed by atoms with van der Waals surface area (Å²) in [7, 11) is -3.21. The summed E-state index contributed by atoms with van der Waals surface area (Å²) >= 11 is 0. The van der Waals surface area contributed by atoms with Crippen molar-refractivity contribution in [3.8, 4) is 17.1 Å². The van der Waals surface area contributed by atoms with Crippen LogP contribution in [0.25, 0.3) is 11.4 Å². The van der Waals surface area contributed by atoms with Crippen molar-refractivity contribution in [2.24, 2.45) is 0 Å². The van der Waals surface area contributed by atoms with E-state index in [1.165, 1.54) is 12.4 Å². The van der Waals surface area contributed by atoms with Crippen molar-refractivity contribution in [3.63, 3.8) is 0 Å². The van der Waals surface area contributed by atoms with Crippen molar-refractivity contribution in [1.29, 1.82) is 0 Å². The number of alkyl halides is 3. The number of benzene rings is 2. The van der Waals surface area contributed by atoms with E-state index >= 15 is 0 Å². The number of ether oxygens (including phenoxy) is 1. The van der Waals surface area contributed by atoms with Crippen LogP contribution in [-0.4, -0.2) is 42.4 Å².